The summed E-state index contributed by atoms with van der Waals surface area (Å²) in [7, 11) is -2.71. The highest BCUT2D eigenvalue weighted by atomic mass is 32.2. The van der Waals surface area contributed by atoms with Crippen LogP contribution in [0.1, 0.15) is 17.1 Å². The van der Waals surface area contributed by atoms with Gasteiger partial charge in [-0.05, 0) is 38.1 Å². The van der Waals surface area contributed by atoms with Crippen LogP contribution in [-0.2, 0) is 23.2 Å². The van der Waals surface area contributed by atoms with Crippen molar-refractivity contribution in [1.82, 2.24) is 19.0 Å². The Morgan fingerprint density at radius 1 is 1.12 bits per heavy atom. The number of aromatic nitrogens is 4. The zero-order valence-electron chi connectivity index (χ0n) is 13.4. The molecular weight excluding hydrogens is 377 g/mol. The first-order valence-corrected chi connectivity index (χ1v) is 9.26. The summed E-state index contributed by atoms with van der Waals surface area (Å²) in [5, 5.41) is 7.78. The average Bonchev–Trinajstić information content (AvgIpc) is 3.16. The molecule has 0 unspecified atom stereocenters. The van der Waals surface area contributed by atoms with E-state index in [4.69, 9.17) is 0 Å². The fourth-order valence-electron chi connectivity index (χ4n) is 2.39. The van der Waals surface area contributed by atoms with Crippen molar-refractivity contribution in [3.05, 3.63) is 41.3 Å². The van der Waals surface area contributed by atoms with Gasteiger partial charge in [-0.15, -0.1) is 11.3 Å². The molecular formula is C14H13F3N4O2S2. The van der Waals surface area contributed by atoms with Crippen LogP contribution in [0.25, 0.3) is 10.6 Å². The standard InChI is InChI=1S/C14H13F3N4O2S2/c1-8-6-9(2)21(18-8)25(22,23)13-5-4-11(24-13)10-7-12(14(15,16)17)20(3)19-10/h4-7H,1-3H3. The van der Waals surface area contributed by atoms with Crippen LogP contribution in [0.15, 0.2) is 28.5 Å². The number of aryl methyl sites for hydroxylation is 3. The first-order chi connectivity index (χ1) is 11.5. The molecule has 0 fully saturated rings. The molecule has 0 saturated heterocycles. The van der Waals surface area contributed by atoms with Gasteiger partial charge in [0.2, 0.25) is 0 Å². The second-order valence-electron chi connectivity index (χ2n) is 5.43. The Bertz CT molecular complexity index is 1040. The van der Waals surface area contributed by atoms with E-state index in [1.165, 1.54) is 19.2 Å². The first-order valence-electron chi connectivity index (χ1n) is 7.00. The van der Waals surface area contributed by atoms with E-state index in [0.717, 1.165) is 26.2 Å². The van der Waals surface area contributed by atoms with Crippen molar-refractivity contribution in [3.8, 4) is 10.6 Å². The summed E-state index contributed by atoms with van der Waals surface area (Å²) < 4.78 is 65.5. The molecule has 6 nitrogen and oxygen atoms in total. The van der Waals surface area contributed by atoms with Crippen LogP contribution in [-0.4, -0.2) is 27.4 Å². The van der Waals surface area contributed by atoms with E-state index in [1.807, 2.05) is 0 Å². The zero-order chi connectivity index (χ0) is 18.6. The van der Waals surface area contributed by atoms with Gasteiger partial charge in [-0.3, -0.25) is 4.68 Å². The minimum absolute atomic E-state index is 0.0205. The highest BCUT2D eigenvalue weighted by molar-refractivity contribution is 7.92. The van der Waals surface area contributed by atoms with Crippen molar-refractivity contribution < 1.29 is 21.6 Å². The summed E-state index contributed by atoms with van der Waals surface area (Å²) in [5.74, 6) is 0. The number of halogens is 3. The van der Waals surface area contributed by atoms with Crippen LogP contribution in [0.2, 0.25) is 0 Å². The van der Waals surface area contributed by atoms with Gasteiger partial charge in [-0.25, -0.2) is 0 Å². The summed E-state index contributed by atoms with van der Waals surface area (Å²) >= 11 is 0.846. The Kier molecular flexibility index (Phi) is 4.03. The maximum absolute atomic E-state index is 12.9. The molecule has 25 heavy (non-hydrogen) atoms. The second-order valence-corrected chi connectivity index (χ2v) is 8.51. The third-order valence-corrected chi connectivity index (χ3v) is 6.71. The molecule has 0 aliphatic carbocycles. The Labute approximate surface area is 145 Å². The van der Waals surface area contributed by atoms with Crippen LogP contribution in [0.3, 0.4) is 0 Å². The van der Waals surface area contributed by atoms with Gasteiger partial charge >= 0.3 is 6.18 Å². The molecule has 3 aromatic heterocycles. The number of alkyl halides is 3. The Hall–Kier alpha value is -2.14. The zero-order valence-corrected chi connectivity index (χ0v) is 15.0. The average molecular weight is 390 g/mol. The number of thiophene rings is 1. The lowest BCUT2D eigenvalue weighted by Gasteiger charge is -2.04. The molecule has 0 atom stereocenters. The Morgan fingerprint density at radius 2 is 1.80 bits per heavy atom. The van der Waals surface area contributed by atoms with Gasteiger partial charge in [-0.2, -0.15) is 35.9 Å². The lowest BCUT2D eigenvalue weighted by atomic mass is 10.3. The molecule has 0 aliphatic heterocycles. The molecule has 3 heterocycles. The summed E-state index contributed by atoms with van der Waals surface area (Å²) in [5.41, 5.74) is 0.163. The van der Waals surface area contributed by atoms with Gasteiger partial charge in [0.1, 0.15) is 15.6 Å². The van der Waals surface area contributed by atoms with Crippen LogP contribution < -0.4 is 0 Å². The van der Waals surface area contributed by atoms with Crippen LogP contribution in [0.4, 0.5) is 13.2 Å². The SMILES string of the molecule is Cc1cc(C)n(S(=O)(=O)c2ccc(-c3cc(C(F)(F)F)n(C)n3)s2)n1. The maximum Gasteiger partial charge on any atom is 0.433 e. The summed E-state index contributed by atoms with van der Waals surface area (Å²) in [4.78, 5) is 0.325. The molecule has 0 N–H and O–H groups in total. The molecule has 3 rings (SSSR count). The van der Waals surface area contributed by atoms with Gasteiger partial charge in [0, 0.05) is 7.05 Å². The number of nitrogens with zero attached hydrogens (tertiary/aromatic N) is 4. The van der Waals surface area contributed by atoms with Crippen molar-refractivity contribution >= 4 is 21.4 Å². The monoisotopic (exact) mass is 390 g/mol. The molecule has 0 amide bonds. The van der Waals surface area contributed by atoms with Gasteiger partial charge in [0.25, 0.3) is 10.0 Å². The van der Waals surface area contributed by atoms with Crippen molar-refractivity contribution in [1.29, 1.82) is 0 Å². The predicted octanol–water partition coefficient (Wildman–Crippen LogP) is 3.22. The molecule has 0 spiro atoms. The highest BCUT2D eigenvalue weighted by Gasteiger charge is 2.35. The maximum atomic E-state index is 12.9. The van der Waals surface area contributed by atoms with E-state index in [-0.39, 0.29) is 9.90 Å². The molecule has 134 valence electrons. The van der Waals surface area contributed by atoms with Crippen LogP contribution in [0, 0.1) is 13.8 Å². The molecule has 0 bridgehead atoms. The van der Waals surface area contributed by atoms with Crippen LogP contribution >= 0.6 is 11.3 Å². The Morgan fingerprint density at radius 3 is 2.32 bits per heavy atom. The largest absolute Gasteiger partial charge is 0.433 e. The molecule has 0 saturated carbocycles. The second kappa shape index (κ2) is 5.70. The van der Waals surface area contributed by atoms with E-state index in [9.17, 15) is 21.6 Å². The van der Waals surface area contributed by atoms with Crippen molar-refractivity contribution in [2.75, 3.05) is 0 Å². The molecule has 11 heteroatoms. The first kappa shape index (κ1) is 17.7. The summed E-state index contributed by atoms with van der Waals surface area (Å²) in [6.07, 6.45) is -4.53. The topological polar surface area (TPSA) is 69.8 Å². The van der Waals surface area contributed by atoms with Gasteiger partial charge in [0.15, 0.2) is 0 Å². The van der Waals surface area contributed by atoms with Gasteiger partial charge in [-0.1, -0.05) is 0 Å². The normalized spacial score (nSPS) is 12.7. The smallest absolute Gasteiger partial charge is 0.263 e. The highest BCUT2D eigenvalue weighted by Crippen LogP contribution is 2.35. The van der Waals surface area contributed by atoms with Crippen molar-refractivity contribution in [2.24, 2.45) is 7.05 Å². The predicted molar refractivity (Wildman–Crippen MR) is 85.8 cm³/mol. The third kappa shape index (κ3) is 3.09. The van der Waals surface area contributed by atoms with E-state index >= 15 is 0 Å². The van der Waals surface area contributed by atoms with E-state index in [0.29, 0.717) is 16.3 Å². The van der Waals surface area contributed by atoms with Gasteiger partial charge in [0.05, 0.1) is 16.3 Å². The molecule has 3 aromatic rings. The van der Waals surface area contributed by atoms with E-state index in [2.05, 4.69) is 10.2 Å². The minimum Gasteiger partial charge on any atom is -0.263 e. The fraction of sp³-hybridized carbons (Fsp3) is 0.286. The molecule has 0 aliphatic rings. The number of rotatable bonds is 3. The molecule has 0 aromatic carbocycles. The lowest BCUT2D eigenvalue weighted by molar-refractivity contribution is -0.143. The minimum atomic E-state index is -4.53. The lowest BCUT2D eigenvalue weighted by Crippen LogP contribution is -2.14. The van der Waals surface area contributed by atoms with Crippen LogP contribution in [0.5, 0.6) is 0 Å². The van der Waals surface area contributed by atoms with Crippen molar-refractivity contribution in [2.45, 2.75) is 24.2 Å². The summed E-state index contributed by atoms with van der Waals surface area (Å²) in [6.45, 7) is 3.28. The molecule has 0 radical (unpaired) electrons. The van der Waals surface area contributed by atoms with E-state index in [1.54, 1.807) is 19.9 Å². The quantitative estimate of drug-likeness (QED) is 0.689. The Balaban J connectivity index is 2.02. The number of hydrogen-bond acceptors (Lipinski definition) is 5. The van der Waals surface area contributed by atoms with Crippen molar-refractivity contribution in [3.63, 3.8) is 0 Å². The van der Waals surface area contributed by atoms with E-state index < -0.39 is 21.9 Å². The third-order valence-electron chi connectivity index (χ3n) is 3.45. The van der Waals surface area contributed by atoms with Gasteiger partial charge < -0.3 is 0 Å². The number of hydrogen-bond donors (Lipinski definition) is 0. The fourth-order valence-corrected chi connectivity index (χ4v) is 5.06. The summed E-state index contributed by atoms with van der Waals surface area (Å²) in [6, 6.07) is 5.30.